The van der Waals surface area contributed by atoms with Gasteiger partial charge in [0.1, 0.15) is 23.3 Å². The summed E-state index contributed by atoms with van der Waals surface area (Å²) in [5, 5.41) is 3.21. The van der Waals surface area contributed by atoms with Gasteiger partial charge >= 0.3 is 6.09 Å². The van der Waals surface area contributed by atoms with E-state index >= 15 is 0 Å². The van der Waals surface area contributed by atoms with Crippen molar-refractivity contribution in [2.45, 2.75) is 38.5 Å². The van der Waals surface area contributed by atoms with Gasteiger partial charge in [-0.15, -0.1) is 0 Å². The number of aromatic nitrogens is 2. The monoisotopic (exact) mass is 406 g/mol. The summed E-state index contributed by atoms with van der Waals surface area (Å²) in [6.07, 6.45) is 1.15. The first-order valence-corrected chi connectivity index (χ1v) is 9.77. The van der Waals surface area contributed by atoms with E-state index < -0.39 is 11.7 Å². The Bertz CT molecular complexity index is 1040. The lowest BCUT2D eigenvalue weighted by Crippen LogP contribution is -2.34. The number of ether oxygens (including phenoxy) is 1. The second kappa shape index (κ2) is 7.74. The number of carbonyl (C=O) groups is 1. The molecule has 1 aromatic heterocycles. The van der Waals surface area contributed by atoms with E-state index in [0.29, 0.717) is 11.8 Å². The second-order valence-corrected chi connectivity index (χ2v) is 7.81. The number of carbonyl (C=O) groups excluding carboxylic acids is 1. The second-order valence-electron chi connectivity index (χ2n) is 7.81. The molecule has 1 amide bonds. The lowest BCUT2D eigenvalue weighted by Gasteiger charge is -2.28. The lowest BCUT2D eigenvalue weighted by molar-refractivity contribution is 0.0685. The Labute approximate surface area is 174 Å². The topological polar surface area (TPSA) is 67.4 Å². The van der Waals surface area contributed by atoms with Crippen LogP contribution >= 0.6 is 0 Å². The molecule has 7 heteroatoms. The van der Waals surface area contributed by atoms with E-state index in [1.165, 1.54) is 12.1 Å². The van der Waals surface area contributed by atoms with Crippen molar-refractivity contribution in [2.24, 2.45) is 0 Å². The predicted molar refractivity (Wildman–Crippen MR) is 113 cm³/mol. The van der Waals surface area contributed by atoms with E-state index in [0.717, 1.165) is 11.1 Å². The van der Waals surface area contributed by atoms with Crippen LogP contribution in [0.15, 0.2) is 66.9 Å². The van der Waals surface area contributed by atoms with Gasteiger partial charge < -0.3 is 10.1 Å². The number of nitrogens with zero attached hydrogens (tertiary/aromatic N) is 3. The number of anilines is 2. The maximum Gasteiger partial charge on any atom is 0.416 e. The molecule has 2 heterocycles. The molecule has 1 N–H and O–H groups in total. The zero-order valence-electron chi connectivity index (χ0n) is 17.0. The molecular weight excluding hydrogens is 383 g/mol. The fraction of sp³-hybridized carbons (Fsp3) is 0.261. The number of hydrogen-bond donors (Lipinski definition) is 1. The number of hydrogen-bond acceptors (Lipinski definition) is 5. The molecule has 6 nitrogen and oxygen atoms in total. The Hall–Kier alpha value is -3.48. The molecule has 1 fully saturated rings. The maximum absolute atomic E-state index is 13.2. The molecule has 4 rings (SSSR count). The molecule has 1 saturated heterocycles. The van der Waals surface area contributed by atoms with Crippen LogP contribution in [0, 0.1) is 5.82 Å². The summed E-state index contributed by atoms with van der Waals surface area (Å²) in [7, 11) is 0. The van der Waals surface area contributed by atoms with Gasteiger partial charge in [-0.25, -0.2) is 19.1 Å². The molecular formula is C23H23FN4O2. The number of nitrogens with one attached hydrogen (secondary N) is 1. The summed E-state index contributed by atoms with van der Waals surface area (Å²) in [6.45, 7) is 5.71. The molecule has 30 heavy (non-hydrogen) atoms. The van der Waals surface area contributed by atoms with Crippen LogP contribution in [-0.4, -0.2) is 21.7 Å². The zero-order chi connectivity index (χ0) is 21.3. The normalized spacial score (nSPS) is 18.7. The molecule has 0 bridgehead atoms. The van der Waals surface area contributed by atoms with Gasteiger partial charge in [0, 0.05) is 6.20 Å². The van der Waals surface area contributed by atoms with E-state index in [2.05, 4.69) is 15.3 Å². The Morgan fingerprint density at radius 1 is 1.10 bits per heavy atom. The predicted octanol–water partition coefficient (Wildman–Crippen LogP) is 5.27. The fourth-order valence-electron chi connectivity index (χ4n) is 3.74. The van der Waals surface area contributed by atoms with E-state index in [-0.39, 0.29) is 17.9 Å². The van der Waals surface area contributed by atoms with Crippen LogP contribution in [-0.2, 0) is 4.74 Å². The first-order valence-electron chi connectivity index (χ1n) is 9.77. The molecule has 154 valence electrons. The Morgan fingerprint density at radius 2 is 1.80 bits per heavy atom. The molecule has 0 saturated carbocycles. The van der Waals surface area contributed by atoms with E-state index in [4.69, 9.17) is 4.74 Å². The van der Waals surface area contributed by atoms with E-state index in [9.17, 15) is 9.18 Å². The van der Waals surface area contributed by atoms with Crippen molar-refractivity contribution in [1.29, 1.82) is 0 Å². The standard InChI is InChI=1S/C23H23FN4O2/c1-15(16-9-11-18(24)12-10-16)26-21-25-14-13-19(27-21)28-20(17-7-5-4-6-8-17)23(2,3)30-22(28)29/h4-15,20H,1-3H3,(H,25,26,27)/t15-,20?/m0/s1. The SMILES string of the molecule is C[C@H](Nc1nccc(N2C(=O)OC(C)(C)C2c2ccccc2)n1)c1ccc(F)cc1. The summed E-state index contributed by atoms with van der Waals surface area (Å²) in [5.41, 5.74) is 1.13. The van der Waals surface area contributed by atoms with Crippen molar-refractivity contribution >= 4 is 17.9 Å². The van der Waals surface area contributed by atoms with Gasteiger partial charge in [-0.2, -0.15) is 4.98 Å². The van der Waals surface area contributed by atoms with Gasteiger partial charge in [0.05, 0.1) is 6.04 Å². The third kappa shape index (κ3) is 3.83. The maximum atomic E-state index is 13.2. The van der Waals surface area contributed by atoms with Crippen LogP contribution in [0.25, 0.3) is 0 Å². The van der Waals surface area contributed by atoms with Gasteiger partial charge in [-0.1, -0.05) is 42.5 Å². The minimum absolute atomic E-state index is 0.146. The molecule has 0 spiro atoms. The van der Waals surface area contributed by atoms with Crippen molar-refractivity contribution in [1.82, 2.24) is 9.97 Å². The quantitative estimate of drug-likeness (QED) is 0.626. The average Bonchev–Trinajstić information content (AvgIpc) is 2.97. The number of halogens is 1. The summed E-state index contributed by atoms with van der Waals surface area (Å²) < 4.78 is 18.8. The summed E-state index contributed by atoms with van der Waals surface area (Å²) in [5.74, 6) is 0.531. The molecule has 3 aromatic rings. The van der Waals surface area contributed by atoms with Gasteiger partial charge in [-0.05, 0) is 50.1 Å². The van der Waals surface area contributed by atoms with Gasteiger partial charge in [0.25, 0.3) is 0 Å². The summed E-state index contributed by atoms with van der Waals surface area (Å²) in [4.78, 5) is 23.1. The average molecular weight is 406 g/mol. The van der Waals surface area contributed by atoms with Crippen molar-refractivity contribution < 1.29 is 13.9 Å². The van der Waals surface area contributed by atoms with Crippen molar-refractivity contribution in [3.63, 3.8) is 0 Å². The minimum Gasteiger partial charge on any atom is -0.440 e. The third-order valence-electron chi connectivity index (χ3n) is 5.18. The molecule has 2 aromatic carbocycles. The highest BCUT2D eigenvalue weighted by Gasteiger charge is 2.49. The van der Waals surface area contributed by atoms with Crippen LogP contribution in [0.2, 0.25) is 0 Å². The van der Waals surface area contributed by atoms with Gasteiger partial charge in [0.2, 0.25) is 5.95 Å². The summed E-state index contributed by atoms with van der Waals surface area (Å²) >= 11 is 0. The molecule has 0 aliphatic carbocycles. The lowest BCUT2D eigenvalue weighted by atomic mass is 9.91. The van der Waals surface area contributed by atoms with Crippen LogP contribution in [0.4, 0.5) is 21.0 Å². The van der Waals surface area contributed by atoms with Crippen LogP contribution < -0.4 is 10.2 Å². The summed E-state index contributed by atoms with van der Waals surface area (Å²) in [6, 6.07) is 17.2. The molecule has 1 unspecified atom stereocenters. The molecule has 2 atom stereocenters. The number of benzene rings is 2. The highest BCUT2D eigenvalue weighted by molar-refractivity contribution is 5.90. The Kier molecular flexibility index (Phi) is 5.11. The van der Waals surface area contributed by atoms with E-state index in [1.807, 2.05) is 51.1 Å². The highest BCUT2D eigenvalue weighted by atomic mass is 19.1. The number of cyclic esters (lactones) is 1. The zero-order valence-corrected chi connectivity index (χ0v) is 17.0. The smallest absolute Gasteiger partial charge is 0.416 e. The van der Waals surface area contributed by atoms with Crippen LogP contribution in [0.3, 0.4) is 0 Å². The Morgan fingerprint density at radius 3 is 2.50 bits per heavy atom. The fourth-order valence-corrected chi connectivity index (χ4v) is 3.74. The van der Waals surface area contributed by atoms with Crippen molar-refractivity contribution in [3.05, 3.63) is 83.8 Å². The minimum atomic E-state index is -0.724. The molecule has 1 aliphatic rings. The van der Waals surface area contributed by atoms with Crippen LogP contribution in [0.5, 0.6) is 0 Å². The first kappa shape index (κ1) is 19.8. The largest absolute Gasteiger partial charge is 0.440 e. The third-order valence-corrected chi connectivity index (χ3v) is 5.18. The number of amides is 1. The highest BCUT2D eigenvalue weighted by Crippen LogP contribution is 2.43. The van der Waals surface area contributed by atoms with Crippen LogP contribution in [0.1, 0.15) is 44.0 Å². The van der Waals surface area contributed by atoms with Crippen molar-refractivity contribution in [3.8, 4) is 0 Å². The molecule has 0 radical (unpaired) electrons. The number of rotatable bonds is 5. The van der Waals surface area contributed by atoms with E-state index in [1.54, 1.807) is 29.3 Å². The van der Waals surface area contributed by atoms with Gasteiger partial charge in [0.15, 0.2) is 0 Å². The molecule has 1 aliphatic heterocycles. The van der Waals surface area contributed by atoms with Crippen molar-refractivity contribution in [2.75, 3.05) is 10.2 Å². The van der Waals surface area contributed by atoms with Gasteiger partial charge in [-0.3, -0.25) is 0 Å². The Balaban J connectivity index is 1.63. The first-order chi connectivity index (χ1) is 14.3.